The van der Waals surface area contributed by atoms with Crippen molar-refractivity contribution in [2.24, 2.45) is 5.41 Å². The first kappa shape index (κ1) is 14.8. The van der Waals surface area contributed by atoms with Gasteiger partial charge in [-0.15, -0.1) is 0 Å². The third-order valence-corrected chi connectivity index (χ3v) is 6.07. The molecule has 1 N–H and O–H groups in total. The van der Waals surface area contributed by atoms with Crippen molar-refractivity contribution in [2.45, 2.75) is 63.8 Å². The van der Waals surface area contributed by atoms with E-state index in [0.29, 0.717) is 12.1 Å². The maximum absolute atomic E-state index is 9.67. The fourth-order valence-corrected chi connectivity index (χ4v) is 4.91. The summed E-state index contributed by atoms with van der Waals surface area (Å²) in [6.07, 6.45) is 10.9. The molecule has 0 aromatic heterocycles. The zero-order chi connectivity index (χ0) is 14.1. The Hall–Kier alpha value is -0.120. The van der Waals surface area contributed by atoms with Crippen molar-refractivity contribution in [3.63, 3.8) is 0 Å². The Labute approximate surface area is 124 Å². The predicted octanol–water partition coefficient (Wildman–Crippen LogP) is 2.49. The molecule has 20 heavy (non-hydrogen) atoms. The van der Waals surface area contributed by atoms with Crippen LogP contribution in [0.5, 0.6) is 0 Å². The van der Waals surface area contributed by atoms with Crippen LogP contribution in [0.25, 0.3) is 0 Å². The highest BCUT2D eigenvalue weighted by Crippen LogP contribution is 2.39. The van der Waals surface area contributed by atoms with E-state index in [9.17, 15) is 5.11 Å². The van der Waals surface area contributed by atoms with Crippen LogP contribution >= 0.6 is 0 Å². The molecule has 3 nitrogen and oxygen atoms in total. The van der Waals surface area contributed by atoms with Gasteiger partial charge >= 0.3 is 0 Å². The Balaban J connectivity index is 1.67. The van der Waals surface area contributed by atoms with Gasteiger partial charge in [0, 0.05) is 30.7 Å². The molecule has 3 heteroatoms. The first-order chi connectivity index (χ1) is 9.66. The van der Waals surface area contributed by atoms with Gasteiger partial charge in [0.1, 0.15) is 0 Å². The molecule has 2 heterocycles. The van der Waals surface area contributed by atoms with Gasteiger partial charge in [-0.25, -0.2) is 0 Å². The number of aliphatic hydroxyl groups excluding tert-OH is 1. The summed E-state index contributed by atoms with van der Waals surface area (Å²) in [7, 11) is 0. The summed E-state index contributed by atoms with van der Waals surface area (Å²) in [4.78, 5) is 5.48. The van der Waals surface area contributed by atoms with E-state index in [0.717, 1.165) is 6.54 Å². The molecule has 1 atom stereocenters. The van der Waals surface area contributed by atoms with E-state index in [-0.39, 0.29) is 5.41 Å². The van der Waals surface area contributed by atoms with Gasteiger partial charge < -0.3 is 10.0 Å². The third-order valence-electron chi connectivity index (χ3n) is 6.07. The SMILES string of the molecule is CC1(CO)CCCN(CC2(N3CCCC3)CCCC2)C1. The van der Waals surface area contributed by atoms with Crippen LogP contribution in [0, 0.1) is 5.41 Å². The summed E-state index contributed by atoms with van der Waals surface area (Å²) < 4.78 is 0. The van der Waals surface area contributed by atoms with E-state index >= 15 is 0 Å². The van der Waals surface area contributed by atoms with Crippen LogP contribution in [-0.2, 0) is 0 Å². The molecule has 2 aliphatic heterocycles. The van der Waals surface area contributed by atoms with E-state index < -0.39 is 0 Å². The Bertz CT molecular complexity index is 321. The summed E-state index contributed by atoms with van der Waals surface area (Å²) in [5, 5.41) is 9.67. The largest absolute Gasteiger partial charge is 0.396 e. The molecule has 0 aromatic carbocycles. The zero-order valence-electron chi connectivity index (χ0n) is 13.2. The molecule has 3 aliphatic rings. The molecule has 0 aromatic rings. The summed E-state index contributed by atoms with van der Waals surface area (Å²) in [5.74, 6) is 0. The molecule has 3 rings (SSSR count). The van der Waals surface area contributed by atoms with Crippen molar-refractivity contribution in [1.29, 1.82) is 0 Å². The first-order valence-corrected chi connectivity index (χ1v) is 8.74. The van der Waals surface area contributed by atoms with E-state index in [1.165, 1.54) is 77.5 Å². The molecule has 0 spiro atoms. The second kappa shape index (κ2) is 5.94. The van der Waals surface area contributed by atoms with Crippen molar-refractivity contribution >= 4 is 0 Å². The topological polar surface area (TPSA) is 26.7 Å². The van der Waals surface area contributed by atoms with Crippen LogP contribution in [0.1, 0.15) is 58.3 Å². The molecule has 0 radical (unpaired) electrons. The molecule has 116 valence electrons. The highest BCUT2D eigenvalue weighted by Gasteiger charge is 2.43. The molecular formula is C17H32N2O. The fraction of sp³-hybridized carbons (Fsp3) is 1.00. The number of hydrogen-bond acceptors (Lipinski definition) is 3. The Morgan fingerprint density at radius 3 is 2.25 bits per heavy atom. The highest BCUT2D eigenvalue weighted by atomic mass is 16.3. The monoisotopic (exact) mass is 280 g/mol. The minimum absolute atomic E-state index is 0.142. The highest BCUT2D eigenvalue weighted by molar-refractivity contribution is 5.00. The first-order valence-electron chi connectivity index (χ1n) is 8.74. The van der Waals surface area contributed by atoms with E-state index in [1.54, 1.807) is 0 Å². The maximum Gasteiger partial charge on any atom is 0.0497 e. The minimum atomic E-state index is 0.142. The molecule has 3 fully saturated rings. The Morgan fingerprint density at radius 1 is 0.900 bits per heavy atom. The summed E-state index contributed by atoms with van der Waals surface area (Å²) in [5.41, 5.74) is 0.618. The lowest BCUT2D eigenvalue weighted by atomic mass is 9.81. The van der Waals surface area contributed by atoms with Crippen LogP contribution in [0.3, 0.4) is 0 Å². The van der Waals surface area contributed by atoms with Gasteiger partial charge in [-0.05, 0) is 58.2 Å². The molecule has 1 unspecified atom stereocenters. The van der Waals surface area contributed by atoms with Crippen molar-refractivity contribution in [3.05, 3.63) is 0 Å². The number of likely N-dealkylation sites (tertiary alicyclic amines) is 2. The summed E-state index contributed by atoms with van der Waals surface area (Å²) in [6, 6.07) is 0. The maximum atomic E-state index is 9.67. The third kappa shape index (κ3) is 2.90. The van der Waals surface area contributed by atoms with Crippen molar-refractivity contribution < 1.29 is 5.11 Å². The molecular weight excluding hydrogens is 248 g/mol. The second-order valence-electron chi connectivity index (χ2n) is 7.91. The van der Waals surface area contributed by atoms with Gasteiger partial charge in [-0.1, -0.05) is 19.8 Å². The van der Waals surface area contributed by atoms with E-state index in [4.69, 9.17) is 0 Å². The Kier molecular flexibility index (Phi) is 4.40. The van der Waals surface area contributed by atoms with Crippen LogP contribution < -0.4 is 0 Å². The number of nitrogens with zero attached hydrogens (tertiary/aromatic N) is 2. The van der Waals surface area contributed by atoms with Crippen LogP contribution in [-0.4, -0.2) is 59.8 Å². The van der Waals surface area contributed by atoms with Crippen molar-refractivity contribution in [1.82, 2.24) is 9.80 Å². The van der Waals surface area contributed by atoms with Crippen molar-refractivity contribution in [2.75, 3.05) is 39.3 Å². The quantitative estimate of drug-likeness (QED) is 0.857. The number of hydrogen-bond donors (Lipinski definition) is 1. The van der Waals surface area contributed by atoms with Gasteiger partial charge in [0.25, 0.3) is 0 Å². The predicted molar refractivity (Wildman–Crippen MR) is 82.9 cm³/mol. The minimum Gasteiger partial charge on any atom is -0.396 e. The molecule has 0 bridgehead atoms. The average Bonchev–Trinajstić information content (AvgIpc) is 3.10. The number of rotatable bonds is 4. The normalized spacial score (nSPS) is 35.7. The molecule has 0 amide bonds. The summed E-state index contributed by atoms with van der Waals surface area (Å²) >= 11 is 0. The number of piperidine rings is 1. The molecule has 1 saturated carbocycles. The lowest BCUT2D eigenvalue weighted by Crippen LogP contribution is -2.56. The second-order valence-corrected chi connectivity index (χ2v) is 7.91. The van der Waals surface area contributed by atoms with Gasteiger partial charge in [0.2, 0.25) is 0 Å². The zero-order valence-corrected chi connectivity index (χ0v) is 13.2. The van der Waals surface area contributed by atoms with Crippen molar-refractivity contribution in [3.8, 4) is 0 Å². The van der Waals surface area contributed by atoms with Gasteiger partial charge in [0.15, 0.2) is 0 Å². The van der Waals surface area contributed by atoms with Crippen LogP contribution in [0.2, 0.25) is 0 Å². The fourth-order valence-electron chi connectivity index (χ4n) is 4.91. The van der Waals surface area contributed by atoms with Gasteiger partial charge in [-0.2, -0.15) is 0 Å². The van der Waals surface area contributed by atoms with E-state index in [1.807, 2.05) is 0 Å². The summed E-state index contributed by atoms with van der Waals surface area (Å²) in [6.45, 7) is 8.85. The smallest absolute Gasteiger partial charge is 0.0497 e. The standard InChI is InChI=1S/C17H32N2O/c1-16(15-20)7-6-10-18(13-16)14-17(8-2-3-9-17)19-11-4-5-12-19/h20H,2-15H2,1H3. The molecule has 1 aliphatic carbocycles. The lowest BCUT2D eigenvalue weighted by molar-refractivity contribution is 0.00642. The number of aliphatic hydroxyl groups is 1. The van der Waals surface area contributed by atoms with E-state index in [2.05, 4.69) is 16.7 Å². The van der Waals surface area contributed by atoms with Gasteiger partial charge in [-0.3, -0.25) is 4.90 Å². The Morgan fingerprint density at radius 2 is 1.60 bits per heavy atom. The lowest BCUT2D eigenvalue weighted by Gasteiger charge is -2.47. The average molecular weight is 280 g/mol. The van der Waals surface area contributed by atoms with Crippen LogP contribution in [0.4, 0.5) is 0 Å². The van der Waals surface area contributed by atoms with Crippen LogP contribution in [0.15, 0.2) is 0 Å². The molecule has 2 saturated heterocycles. The van der Waals surface area contributed by atoms with Gasteiger partial charge in [0.05, 0.1) is 0 Å².